The number of carbonyl (C=O) groups is 1. The van der Waals surface area contributed by atoms with Crippen LogP contribution < -0.4 is 5.32 Å². The van der Waals surface area contributed by atoms with Crippen LogP contribution in [0.2, 0.25) is 0 Å². The van der Waals surface area contributed by atoms with Crippen LogP contribution in [0.4, 0.5) is 0 Å². The molecular formula is C34H45N3O4S. The Hall–Kier alpha value is -3.04. The number of esters is 1. The van der Waals surface area contributed by atoms with Gasteiger partial charge in [-0.25, -0.2) is 12.7 Å². The van der Waals surface area contributed by atoms with E-state index in [0.29, 0.717) is 24.5 Å². The molecule has 4 rings (SSSR count). The number of likely N-dealkylation sites (tertiary alicyclic amines) is 1. The predicted octanol–water partition coefficient (Wildman–Crippen LogP) is 5.44. The lowest BCUT2D eigenvalue weighted by molar-refractivity contribution is -0.152. The first-order chi connectivity index (χ1) is 20.3. The van der Waals surface area contributed by atoms with Crippen LogP contribution in [-0.4, -0.2) is 63.0 Å². The van der Waals surface area contributed by atoms with E-state index in [9.17, 15) is 13.2 Å². The number of nitrogens with zero attached hydrogens (tertiary/aromatic N) is 2. The first kappa shape index (κ1) is 31.9. The van der Waals surface area contributed by atoms with Crippen LogP contribution in [0, 0.1) is 5.92 Å². The molecule has 3 aromatic rings. The van der Waals surface area contributed by atoms with Crippen LogP contribution in [0.3, 0.4) is 0 Å². The normalized spacial score (nSPS) is 19.3. The van der Waals surface area contributed by atoms with Crippen LogP contribution in [-0.2, 0) is 31.6 Å². The molecule has 42 heavy (non-hydrogen) atoms. The molecule has 3 aromatic carbocycles. The maximum Gasteiger partial charge on any atom is 0.309 e. The fraction of sp³-hybridized carbons (Fsp3) is 0.441. The second-order valence-electron chi connectivity index (χ2n) is 11.2. The summed E-state index contributed by atoms with van der Waals surface area (Å²) in [6, 6.07) is 28.7. The van der Waals surface area contributed by atoms with Gasteiger partial charge < -0.3 is 10.1 Å². The summed E-state index contributed by atoms with van der Waals surface area (Å²) in [6.07, 6.45) is 3.05. The SMILES string of the molecule is CCNC1CC(C(=O)OCc2ccccc2)CCN1CCC(CC)(CN(C)S(=O)(=O)c1ccccc1)c1ccccc1. The zero-order valence-corrected chi connectivity index (χ0v) is 25.9. The molecule has 0 saturated carbocycles. The first-order valence-electron chi connectivity index (χ1n) is 15.0. The number of likely N-dealkylation sites (N-methyl/N-ethyl adjacent to an activating group) is 1. The van der Waals surface area contributed by atoms with E-state index in [2.05, 4.69) is 36.2 Å². The molecule has 0 aliphatic carbocycles. The van der Waals surface area contributed by atoms with E-state index < -0.39 is 10.0 Å². The van der Waals surface area contributed by atoms with Crippen molar-refractivity contribution in [3.8, 4) is 0 Å². The van der Waals surface area contributed by atoms with Gasteiger partial charge in [-0.3, -0.25) is 9.69 Å². The minimum absolute atomic E-state index is 0.0501. The quantitative estimate of drug-likeness (QED) is 0.252. The van der Waals surface area contributed by atoms with E-state index >= 15 is 0 Å². The van der Waals surface area contributed by atoms with Crippen molar-refractivity contribution in [2.45, 2.75) is 62.6 Å². The third kappa shape index (κ3) is 7.86. The number of benzene rings is 3. The second-order valence-corrected chi connectivity index (χ2v) is 13.3. The van der Waals surface area contributed by atoms with Crippen molar-refractivity contribution in [2.75, 3.05) is 33.2 Å². The van der Waals surface area contributed by atoms with E-state index in [4.69, 9.17) is 4.74 Å². The van der Waals surface area contributed by atoms with Crippen molar-refractivity contribution >= 4 is 16.0 Å². The lowest BCUT2D eigenvalue weighted by Crippen LogP contribution is -2.53. The number of nitrogens with one attached hydrogen (secondary N) is 1. The van der Waals surface area contributed by atoms with Crippen molar-refractivity contribution in [1.29, 1.82) is 0 Å². The van der Waals surface area contributed by atoms with Gasteiger partial charge in [0.2, 0.25) is 10.0 Å². The summed E-state index contributed by atoms with van der Waals surface area (Å²) in [5, 5.41) is 3.59. The first-order valence-corrected chi connectivity index (χ1v) is 16.5. The Morgan fingerprint density at radius 2 is 1.60 bits per heavy atom. The minimum atomic E-state index is -3.64. The molecule has 1 saturated heterocycles. The van der Waals surface area contributed by atoms with Crippen LogP contribution in [0.5, 0.6) is 0 Å². The predicted molar refractivity (Wildman–Crippen MR) is 167 cm³/mol. The fourth-order valence-corrected chi connectivity index (χ4v) is 7.31. The minimum Gasteiger partial charge on any atom is -0.461 e. The monoisotopic (exact) mass is 591 g/mol. The van der Waals surface area contributed by atoms with Gasteiger partial charge >= 0.3 is 5.97 Å². The summed E-state index contributed by atoms with van der Waals surface area (Å²) in [7, 11) is -1.96. The number of piperidine rings is 1. The molecule has 3 unspecified atom stereocenters. The Morgan fingerprint density at radius 1 is 0.976 bits per heavy atom. The van der Waals surface area contributed by atoms with Crippen LogP contribution in [0.15, 0.2) is 95.9 Å². The molecule has 8 heteroatoms. The van der Waals surface area contributed by atoms with E-state index in [1.807, 2.05) is 54.6 Å². The number of ether oxygens (including phenoxy) is 1. The zero-order chi connectivity index (χ0) is 30.0. The summed E-state index contributed by atoms with van der Waals surface area (Å²) in [4.78, 5) is 15.7. The second kappa shape index (κ2) is 14.9. The highest BCUT2D eigenvalue weighted by Crippen LogP contribution is 2.35. The highest BCUT2D eigenvalue weighted by atomic mass is 32.2. The largest absolute Gasteiger partial charge is 0.461 e. The average molecular weight is 592 g/mol. The maximum atomic E-state index is 13.5. The van der Waals surface area contributed by atoms with Crippen molar-refractivity contribution in [1.82, 2.24) is 14.5 Å². The van der Waals surface area contributed by atoms with E-state index in [1.54, 1.807) is 31.3 Å². The molecule has 0 amide bonds. The summed E-state index contributed by atoms with van der Waals surface area (Å²) in [5.74, 6) is -0.289. The number of rotatable bonds is 14. The highest BCUT2D eigenvalue weighted by molar-refractivity contribution is 7.89. The molecule has 1 fully saturated rings. The van der Waals surface area contributed by atoms with Crippen LogP contribution in [0.1, 0.15) is 50.7 Å². The smallest absolute Gasteiger partial charge is 0.309 e. The number of hydrogen-bond acceptors (Lipinski definition) is 6. The van der Waals surface area contributed by atoms with Gasteiger partial charge in [0.15, 0.2) is 0 Å². The molecule has 7 nitrogen and oxygen atoms in total. The third-order valence-electron chi connectivity index (χ3n) is 8.63. The van der Waals surface area contributed by atoms with Gasteiger partial charge in [0.05, 0.1) is 17.0 Å². The van der Waals surface area contributed by atoms with Crippen molar-refractivity contribution in [3.05, 3.63) is 102 Å². The fourth-order valence-electron chi connectivity index (χ4n) is 6.03. The van der Waals surface area contributed by atoms with Crippen LogP contribution >= 0.6 is 0 Å². The average Bonchev–Trinajstić information content (AvgIpc) is 3.03. The third-order valence-corrected chi connectivity index (χ3v) is 10.4. The van der Waals surface area contributed by atoms with Crippen molar-refractivity contribution in [3.63, 3.8) is 0 Å². The van der Waals surface area contributed by atoms with Crippen LogP contribution in [0.25, 0.3) is 0 Å². The molecule has 226 valence electrons. The van der Waals surface area contributed by atoms with Gasteiger partial charge in [0.25, 0.3) is 0 Å². The summed E-state index contributed by atoms with van der Waals surface area (Å²) in [6.45, 7) is 7.25. The topological polar surface area (TPSA) is 79.0 Å². The van der Waals surface area contributed by atoms with Gasteiger partial charge in [0, 0.05) is 32.1 Å². The van der Waals surface area contributed by atoms with E-state index in [1.165, 1.54) is 4.31 Å². The lowest BCUT2D eigenvalue weighted by Gasteiger charge is -2.43. The Kier molecular flexibility index (Phi) is 11.3. The van der Waals surface area contributed by atoms with Gasteiger partial charge in [-0.1, -0.05) is 92.7 Å². The number of sulfonamides is 1. The lowest BCUT2D eigenvalue weighted by atomic mass is 9.75. The van der Waals surface area contributed by atoms with Crippen molar-refractivity contribution < 1.29 is 17.9 Å². The summed E-state index contributed by atoms with van der Waals surface area (Å²) in [5.41, 5.74) is 1.75. The van der Waals surface area contributed by atoms with E-state index in [0.717, 1.165) is 50.0 Å². The molecule has 1 N–H and O–H groups in total. The van der Waals surface area contributed by atoms with Gasteiger partial charge in [0.1, 0.15) is 6.61 Å². The Labute approximate surface area is 251 Å². The summed E-state index contributed by atoms with van der Waals surface area (Å²) < 4.78 is 34.2. The molecule has 1 heterocycles. The van der Waals surface area contributed by atoms with Gasteiger partial charge in [-0.15, -0.1) is 0 Å². The number of hydrogen-bond donors (Lipinski definition) is 1. The van der Waals surface area contributed by atoms with Crippen molar-refractivity contribution in [2.24, 2.45) is 5.92 Å². The molecule has 1 aliphatic rings. The molecule has 1 aliphatic heterocycles. The highest BCUT2D eigenvalue weighted by Gasteiger charge is 2.38. The number of carbonyl (C=O) groups excluding carboxylic acids is 1. The Bertz CT molecular complexity index is 1360. The molecule has 3 atom stereocenters. The Balaban J connectivity index is 1.47. The van der Waals surface area contributed by atoms with E-state index in [-0.39, 0.29) is 23.5 Å². The zero-order valence-electron chi connectivity index (χ0n) is 25.1. The maximum absolute atomic E-state index is 13.5. The summed E-state index contributed by atoms with van der Waals surface area (Å²) >= 11 is 0. The van der Waals surface area contributed by atoms with Gasteiger partial charge in [-0.2, -0.15) is 0 Å². The molecule has 0 bridgehead atoms. The molecule has 0 spiro atoms. The molecule has 0 aromatic heterocycles. The molecule has 0 radical (unpaired) electrons. The molecular weight excluding hydrogens is 546 g/mol. The standard InChI is InChI=1S/C34H45N3O4S/c1-4-34(30-17-11-7-12-18-30,27-36(3)42(39,40)31-19-13-8-14-20-31)22-24-37-23-21-29(25-32(37)35-5-2)33(38)41-26-28-15-9-6-10-16-28/h6-20,29,32,35H,4-5,21-27H2,1-3H3. The van der Waals surface area contributed by atoms with Gasteiger partial charge in [-0.05, 0) is 55.5 Å². The Morgan fingerprint density at radius 3 is 2.21 bits per heavy atom.